The van der Waals surface area contributed by atoms with Crippen LogP contribution in [0.3, 0.4) is 0 Å². The van der Waals surface area contributed by atoms with Gasteiger partial charge < -0.3 is 10.0 Å². The van der Waals surface area contributed by atoms with E-state index in [9.17, 15) is 31.1 Å². The van der Waals surface area contributed by atoms with Crippen LogP contribution in [0.5, 0.6) is 0 Å². The van der Waals surface area contributed by atoms with E-state index in [1.807, 2.05) is 0 Å². The lowest BCUT2D eigenvalue weighted by molar-refractivity contribution is -0.141. The molecule has 0 atom stereocenters. The van der Waals surface area contributed by atoms with Crippen molar-refractivity contribution in [2.24, 2.45) is 0 Å². The van der Waals surface area contributed by atoms with Crippen LogP contribution in [0.4, 0.5) is 32.3 Å². The van der Waals surface area contributed by atoms with E-state index in [0.717, 1.165) is 0 Å². The number of carbonyl (C=O) groups is 1. The molecule has 112 valence electrons. The van der Waals surface area contributed by atoms with Gasteiger partial charge in [0.25, 0.3) is 0 Å². The maximum Gasteiger partial charge on any atom is 0.433 e. The largest absolute Gasteiger partial charge is 0.480 e. The molecule has 0 aromatic carbocycles. The molecular formula is C9H7F6N3O2. The van der Waals surface area contributed by atoms with Gasteiger partial charge in [-0.2, -0.15) is 26.3 Å². The molecule has 1 aromatic heterocycles. The van der Waals surface area contributed by atoms with Gasteiger partial charge in [0, 0.05) is 6.20 Å². The van der Waals surface area contributed by atoms with Gasteiger partial charge in [0.2, 0.25) is 5.95 Å². The SMILES string of the molecule is O=C(O)CN(CC(F)(F)F)c1nccc(C(F)(F)F)n1. The number of aliphatic carboxylic acids is 1. The zero-order chi connectivity index (χ0) is 15.6. The molecule has 0 unspecified atom stereocenters. The van der Waals surface area contributed by atoms with E-state index in [-0.39, 0.29) is 4.90 Å². The van der Waals surface area contributed by atoms with Crippen LogP contribution < -0.4 is 4.90 Å². The Labute approximate surface area is 107 Å². The first-order valence-corrected chi connectivity index (χ1v) is 4.93. The monoisotopic (exact) mass is 303 g/mol. The Morgan fingerprint density at radius 1 is 1.25 bits per heavy atom. The van der Waals surface area contributed by atoms with E-state index in [0.29, 0.717) is 12.3 Å². The summed E-state index contributed by atoms with van der Waals surface area (Å²) >= 11 is 0. The Hall–Kier alpha value is -2.07. The van der Waals surface area contributed by atoms with E-state index in [1.165, 1.54) is 0 Å². The summed E-state index contributed by atoms with van der Waals surface area (Å²) in [5.74, 6) is -2.62. The Kier molecular flexibility index (Phi) is 4.40. The van der Waals surface area contributed by atoms with Gasteiger partial charge in [0.05, 0.1) is 0 Å². The average Bonchev–Trinajstić information content (AvgIpc) is 2.24. The second-order valence-corrected chi connectivity index (χ2v) is 3.60. The van der Waals surface area contributed by atoms with Crippen LogP contribution in [0, 0.1) is 0 Å². The number of nitrogens with zero attached hydrogens (tertiary/aromatic N) is 3. The van der Waals surface area contributed by atoms with Gasteiger partial charge in [-0.1, -0.05) is 0 Å². The normalized spacial score (nSPS) is 12.3. The molecule has 0 aliphatic carbocycles. The number of carboxylic acid groups (broad SMARTS) is 1. The molecule has 0 fully saturated rings. The van der Waals surface area contributed by atoms with Gasteiger partial charge in [0.1, 0.15) is 18.8 Å². The highest BCUT2D eigenvalue weighted by Gasteiger charge is 2.36. The van der Waals surface area contributed by atoms with Crippen molar-refractivity contribution in [3.05, 3.63) is 18.0 Å². The lowest BCUT2D eigenvalue weighted by Crippen LogP contribution is -2.39. The van der Waals surface area contributed by atoms with Gasteiger partial charge in [-0.15, -0.1) is 0 Å². The fraction of sp³-hybridized carbons (Fsp3) is 0.444. The third-order valence-corrected chi connectivity index (χ3v) is 1.91. The minimum absolute atomic E-state index is 0.0948. The number of hydrogen-bond acceptors (Lipinski definition) is 4. The Bertz CT molecular complexity index is 487. The third-order valence-electron chi connectivity index (χ3n) is 1.91. The molecule has 1 aromatic rings. The van der Waals surface area contributed by atoms with Crippen LogP contribution in [0.15, 0.2) is 12.3 Å². The van der Waals surface area contributed by atoms with Crippen molar-refractivity contribution in [1.82, 2.24) is 9.97 Å². The molecule has 0 saturated heterocycles. The van der Waals surface area contributed by atoms with Crippen LogP contribution in [-0.2, 0) is 11.0 Å². The zero-order valence-electron chi connectivity index (χ0n) is 9.53. The highest BCUT2D eigenvalue weighted by Crippen LogP contribution is 2.28. The molecule has 1 N–H and O–H groups in total. The lowest BCUT2D eigenvalue weighted by atomic mass is 10.4. The molecule has 0 aliphatic rings. The third kappa shape index (κ3) is 4.90. The molecule has 0 spiro atoms. The quantitative estimate of drug-likeness (QED) is 0.861. The van der Waals surface area contributed by atoms with Crippen molar-refractivity contribution in [2.75, 3.05) is 18.0 Å². The average molecular weight is 303 g/mol. The highest BCUT2D eigenvalue weighted by molar-refractivity contribution is 5.72. The molecule has 11 heteroatoms. The smallest absolute Gasteiger partial charge is 0.433 e. The number of halogens is 6. The molecule has 0 saturated carbocycles. The summed E-state index contributed by atoms with van der Waals surface area (Å²) < 4.78 is 73.9. The Balaban J connectivity index is 3.10. The predicted molar refractivity (Wildman–Crippen MR) is 52.9 cm³/mol. The molecular weight excluding hydrogens is 296 g/mol. The first-order valence-electron chi connectivity index (χ1n) is 4.93. The highest BCUT2D eigenvalue weighted by atomic mass is 19.4. The first-order chi connectivity index (χ1) is 8.99. The van der Waals surface area contributed by atoms with Crippen LogP contribution >= 0.6 is 0 Å². The van der Waals surface area contributed by atoms with Crippen LogP contribution in [0.25, 0.3) is 0 Å². The topological polar surface area (TPSA) is 66.3 Å². The summed E-state index contributed by atoms with van der Waals surface area (Å²) in [6.45, 7) is -2.96. The maximum absolute atomic E-state index is 12.4. The summed E-state index contributed by atoms with van der Waals surface area (Å²) in [7, 11) is 0. The van der Waals surface area contributed by atoms with E-state index in [1.54, 1.807) is 0 Å². The van der Waals surface area contributed by atoms with E-state index in [2.05, 4.69) is 9.97 Å². The van der Waals surface area contributed by atoms with Gasteiger partial charge in [-0.25, -0.2) is 9.97 Å². The number of anilines is 1. The molecule has 20 heavy (non-hydrogen) atoms. The number of aromatic nitrogens is 2. The summed E-state index contributed by atoms with van der Waals surface area (Å²) in [5, 5.41) is 8.48. The first kappa shape index (κ1) is 16.0. The van der Waals surface area contributed by atoms with Crippen molar-refractivity contribution >= 4 is 11.9 Å². The molecule has 5 nitrogen and oxygen atoms in total. The molecule has 0 bridgehead atoms. The van der Waals surface area contributed by atoms with E-state index in [4.69, 9.17) is 5.11 Å². The van der Waals surface area contributed by atoms with Crippen molar-refractivity contribution in [2.45, 2.75) is 12.4 Å². The van der Waals surface area contributed by atoms with E-state index >= 15 is 0 Å². The van der Waals surface area contributed by atoms with Crippen molar-refractivity contribution in [1.29, 1.82) is 0 Å². The number of hydrogen-bond donors (Lipinski definition) is 1. The summed E-state index contributed by atoms with van der Waals surface area (Å²) in [6.07, 6.45) is -9.08. The van der Waals surface area contributed by atoms with Gasteiger partial charge in [-0.05, 0) is 6.07 Å². The summed E-state index contributed by atoms with van der Waals surface area (Å²) in [5.41, 5.74) is -1.46. The van der Waals surface area contributed by atoms with Gasteiger partial charge in [-0.3, -0.25) is 4.79 Å². The molecule has 0 amide bonds. The second kappa shape index (κ2) is 5.51. The van der Waals surface area contributed by atoms with Crippen LogP contribution in [-0.4, -0.2) is 40.3 Å². The van der Waals surface area contributed by atoms with Gasteiger partial charge in [0.15, 0.2) is 0 Å². The summed E-state index contributed by atoms with van der Waals surface area (Å²) in [4.78, 5) is 16.7. The predicted octanol–water partition coefficient (Wildman–Crippen LogP) is 1.95. The Morgan fingerprint density at radius 2 is 1.85 bits per heavy atom. The fourth-order valence-corrected chi connectivity index (χ4v) is 1.24. The Morgan fingerprint density at radius 3 is 2.30 bits per heavy atom. The molecule has 0 aliphatic heterocycles. The minimum Gasteiger partial charge on any atom is -0.480 e. The molecule has 1 heterocycles. The number of alkyl halides is 6. The molecule has 1 rings (SSSR count). The van der Waals surface area contributed by atoms with E-state index < -0.39 is 43.1 Å². The van der Waals surface area contributed by atoms with Gasteiger partial charge >= 0.3 is 18.3 Å². The van der Waals surface area contributed by atoms with Crippen molar-refractivity contribution < 1.29 is 36.2 Å². The number of rotatable bonds is 4. The van der Waals surface area contributed by atoms with Crippen LogP contribution in [0.2, 0.25) is 0 Å². The molecule has 0 radical (unpaired) electrons. The van der Waals surface area contributed by atoms with Crippen LogP contribution in [0.1, 0.15) is 5.69 Å². The fourth-order valence-electron chi connectivity index (χ4n) is 1.24. The minimum atomic E-state index is -4.87. The second-order valence-electron chi connectivity index (χ2n) is 3.60. The van der Waals surface area contributed by atoms with Crippen molar-refractivity contribution in [3.8, 4) is 0 Å². The summed E-state index contributed by atoms with van der Waals surface area (Å²) in [6, 6.07) is 0.468. The maximum atomic E-state index is 12.4. The standard InChI is InChI=1S/C9H7F6N3O2/c10-8(11,12)4-18(3-6(19)20)7-16-2-1-5(17-7)9(13,14)15/h1-2H,3-4H2,(H,19,20). The zero-order valence-corrected chi connectivity index (χ0v) is 9.53. The lowest BCUT2D eigenvalue weighted by Gasteiger charge is -2.22. The van der Waals surface area contributed by atoms with Crippen molar-refractivity contribution in [3.63, 3.8) is 0 Å². The number of carboxylic acids is 1.